The maximum absolute atomic E-state index is 12.6. The summed E-state index contributed by atoms with van der Waals surface area (Å²) in [6.45, 7) is 8.80. The fourth-order valence-corrected chi connectivity index (χ4v) is 3.96. The summed E-state index contributed by atoms with van der Waals surface area (Å²) in [6.07, 6.45) is 2.31. The van der Waals surface area contributed by atoms with Crippen molar-refractivity contribution in [3.8, 4) is 0 Å². The van der Waals surface area contributed by atoms with E-state index in [-0.39, 0.29) is 18.2 Å². The molecule has 0 atom stereocenters. The third-order valence-electron chi connectivity index (χ3n) is 5.63. The van der Waals surface area contributed by atoms with Gasteiger partial charge in [0.1, 0.15) is 0 Å². The Labute approximate surface area is 167 Å². The van der Waals surface area contributed by atoms with Gasteiger partial charge < -0.3 is 24.8 Å². The lowest BCUT2D eigenvalue weighted by Crippen LogP contribution is -2.55. The number of para-hydroxylation sites is 1. The number of aryl methyl sites for hydroxylation is 1. The van der Waals surface area contributed by atoms with Crippen LogP contribution in [0.15, 0.2) is 24.3 Å². The van der Waals surface area contributed by atoms with Crippen molar-refractivity contribution in [3.05, 3.63) is 29.8 Å². The Hall–Kier alpha value is -2.44. The number of benzene rings is 1. The van der Waals surface area contributed by atoms with Crippen molar-refractivity contribution in [2.45, 2.75) is 39.2 Å². The zero-order valence-corrected chi connectivity index (χ0v) is 17.0. The lowest BCUT2D eigenvalue weighted by Gasteiger charge is -2.38. The monoisotopic (exact) mass is 388 g/mol. The Morgan fingerprint density at radius 1 is 1.00 bits per heavy atom. The molecule has 7 nitrogen and oxygen atoms in total. The lowest BCUT2D eigenvalue weighted by atomic mass is 10.1. The van der Waals surface area contributed by atoms with Crippen molar-refractivity contribution in [1.82, 2.24) is 15.1 Å². The minimum Gasteiger partial charge on any atom is -0.450 e. The molecule has 2 heterocycles. The van der Waals surface area contributed by atoms with Crippen LogP contribution in [0.1, 0.15) is 32.3 Å². The highest BCUT2D eigenvalue weighted by molar-refractivity contribution is 5.75. The van der Waals surface area contributed by atoms with Gasteiger partial charge in [-0.05, 0) is 37.8 Å². The number of rotatable bonds is 4. The second-order valence-electron chi connectivity index (χ2n) is 7.37. The Balaban J connectivity index is 1.44. The molecular formula is C21H32N4O3. The predicted octanol–water partition coefficient (Wildman–Crippen LogP) is 2.70. The van der Waals surface area contributed by atoms with Crippen molar-refractivity contribution >= 4 is 17.8 Å². The number of ether oxygens (including phenoxy) is 1. The molecule has 7 heteroatoms. The number of likely N-dealkylation sites (tertiary alicyclic amines) is 1. The molecule has 1 aromatic carbocycles. The van der Waals surface area contributed by atoms with Gasteiger partial charge >= 0.3 is 12.1 Å². The zero-order chi connectivity index (χ0) is 19.9. The quantitative estimate of drug-likeness (QED) is 0.861. The predicted molar refractivity (Wildman–Crippen MR) is 110 cm³/mol. The van der Waals surface area contributed by atoms with Gasteiger partial charge in [-0.3, -0.25) is 0 Å². The highest BCUT2D eigenvalue weighted by atomic mass is 16.6. The van der Waals surface area contributed by atoms with Crippen LogP contribution < -0.4 is 10.2 Å². The van der Waals surface area contributed by atoms with Crippen LogP contribution in [-0.4, -0.2) is 73.8 Å². The second-order valence-corrected chi connectivity index (χ2v) is 7.37. The Morgan fingerprint density at radius 2 is 1.68 bits per heavy atom. The number of hydrogen-bond donors (Lipinski definition) is 1. The molecule has 2 saturated heterocycles. The van der Waals surface area contributed by atoms with Crippen LogP contribution in [0.2, 0.25) is 0 Å². The fourth-order valence-electron chi connectivity index (χ4n) is 3.96. The molecule has 0 saturated carbocycles. The summed E-state index contributed by atoms with van der Waals surface area (Å²) in [7, 11) is 0. The molecule has 3 rings (SSSR count). The van der Waals surface area contributed by atoms with Gasteiger partial charge in [0.2, 0.25) is 0 Å². The summed E-state index contributed by atoms with van der Waals surface area (Å²) >= 11 is 0. The van der Waals surface area contributed by atoms with E-state index in [1.165, 1.54) is 11.3 Å². The Morgan fingerprint density at radius 3 is 2.32 bits per heavy atom. The third kappa shape index (κ3) is 4.88. The van der Waals surface area contributed by atoms with Crippen molar-refractivity contribution in [2.24, 2.45) is 0 Å². The maximum atomic E-state index is 12.6. The van der Waals surface area contributed by atoms with Gasteiger partial charge in [-0.15, -0.1) is 0 Å². The van der Waals surface area contributed by atoms with Gasteiger partial charge in [0.15, 0.2) is 0 Å². The minimum atomic E-state index is -0.254. The van der Waals surface area contributed by atoms with Gasteiger partial charge in [-0.25, -0.2) is 9.59 Å². The highest BCUT2D eigenvalue weighted by Gasteiger charge is 2.27. The molecule has 0 spiro atoms. The first-order valence-electron chi connectivity index (χ1n) is 10.4. The topological polar surface area (TPSA) is 65.1 Å². The lowest BCUT2D eigenvalue weighted by molar-refractivity contribution is 0.0950. The largest absolute Gasteiger partial charge is 0.450 e. The van der Waals surface area contributed by atoms with Gasteiger partial charge in [0.25, 0.3) is 0 Å². The maximum Gasteiger partial charge on any atom is 0.409 e. The van der Waals surface area contributed by atoms with E-state index in [0.29, 0.717) is 19.7 Å². The van der Waals surface area contributed by atoms with E-state index in [2.05, 4.69) is 41.4 Å². The van der Waals surface area contributed by atoms with Gasteiger partial charge in [-0.1, -0.05) is 25.1 Å². The molecule has 1 N–H and O–H groups in total. The van der Waals surface area contributed by atoms with Gasteiger partial charge in [0, 0.05) is 51.0 Å². The summed E-state index contributed by atoms with van der Waals surface area (Å²) in [5, 5.41) is 3.15. The number of nitrogens with zero attached hydrogens (tertiary/aromatic N) is 3. The van der Waals surface area contributed by atoms with E-state index >= 15 is 0 Å². The summed E-state index contributed by atoms with van der Waals surface area (Å²) in [4.78, 5) is 30.4. The number of carbonyl (C=O) groups is 2. The number of piperazine rings is 1. The normalized spacial score (nSPS) is 18.1. The standard InChI is InChI=1S/C21H32N4O3/c1-3-17-7-5-6-8-19(17)23-13-15-24(16-14-23)20(26)22-18-9-11-25(12-10-18)21(27)28-4-2/h5-8,18H,3-4,9-16H2,1-2H3,(H,22,26). The smallest absolute Gasteiger partial charge is 0.409 e. The summed E-state index contributed by atoms with van der Waals surface area (Å²) in [6, 6.07) is 8.65. The average molecular weight is 389 g/mol. The van der Waals surface area contributed by atoms with Crippen molar-refractivity contribution in [3.63, 3.8) is 0 Å². The molecular weight excluding hydrogens is 356 g/mol. The van der Waals surface area contributed by atoms with E-state index in [1.807, 2.05) is 11.8 Å². The molecule has 0 aromatic heterocycles. The van der Waals surface area contributed by atoms with Crippen LogP contribution in [0.4, 0.5) is 15.3 Å². The van der Waals surface area contributed by atoms with Crippen LogP contribution in [-0.2, 0) is 11.2 Å². The molecule has 0 aliphatic carbocycles. The summed E-state index contributed by atoms with van der Waals surface area (Å²) < 4.78 is 5.04. The Bertz CT molecular complexity index is 665. The van der Waals surface area contributed by atoms with Crippen molar-refractivity contribution < 1.29 is 14.3 Å². The summed E-state index contributed by atoms with van der Waals surface area (Å²) in [5.41, 5.74) is 2.64. The number of hydrogen-bond acceptors (Lipinski definition) is 4. The van der Waals surface area contributed by atoms with Gasteiger partial charge in [0.05, 0.1) is 6.61 Å². The molecule has 0 radical (unpaired) electrons. The zero-order valence-electron chi connectivity index (χ0n) is 17.0. The minimum absolute atomic E-state index is 0.0120. The van der Waals surface area contributed by atoms with Crippen LogP contribution >= 0.6 is 0 Å². The number of anilines is 1. The van der Waals surface area contributed by atoms with E-state index in [9.17, 15) is 9.59 Å². The fraction of sp³-hybridized carbons (Fsp3) is 0.619. The van der Waals surface area contributed by atoms with E-state index in [4.69, 9.17) is 4.74 Å². The number of nitrogens with one attached hydrogen (secondary N) is 1. The van der Waals surface area contributed by atoms with E-state index in [1.54, 1.807) is 4.90 Å². The van der Waals surface area contributed by atoms with Crippen LogP contribution in [0.3, 0.4) is 0 Å². The molecule has 2 aliphatic rings. The van der Waals surface area contributed by atoms with Crippen LogP contribution in [0.25, 0.3) is 0 Å². The van der Waals surface area contributed by atoms with Crippen LogP contribution in [0.5, 0.6) is 0 Å². The van der Waals surface area contributed by atoms with E-state index in [0.717, 1.165) is 45.4 Å². The molecule has 28 heavy (non-hydrogen) atoms. The van der Waals surface area contributed by atoms with E-state index < -0.39 is 0 Å². The van der Waals surface area contributed by atoms with Gasteiger partial charge in [-0.2, -0.15) is 0 Å². The van der Waals surface area contributed by atoms with Crippen molar-refractivity contribution in [1.29, 1.82) is 0 Å². The average Bonchev–Trinajstić information content (AvgIpc) is 2.74. The molecule has 2 fully saturated rings. The molecule has 154 valence electrons. The third-order valence-corrected chi connectivity index (χ3v) is 5.63. The second kappa shape index (κ2) is 9.66. The SMILES string of the molecule is CCOC(=O)N1CCC(NC(=O)N2CCN(c3ccccc3CC)CC2)CC1. The number of amides is 3. The van der Waals surface area contributed by atoms with Crippen molar-refractivity contribution in [2.75, 3.05) is 50.8 Å². The number of urea groups is 1. The van der Waals surface area contributed by atoms with Crippen LogP contribution in [0, 0.1) is 0 Å². The number of carbonyl (C=O) groups excluding carboxylic acids is 2. The molecule has 2 aliphatic heterocycles. The molecule has 1 aromatic rings. The Kier molecular flexibility index (Phi) is 7.01. The summed E-state index contributed by atoms with van der Waals surface area (Å²) in [5.74, 6) is 0. The highest BCUT2D eigenvalue weighted by Crippen LogP contribution is 2.22. The number of piperidine rings is 1. The molecule has 0 bridgehead atoms. The first kappa shape index (κ1) is 20.3. The molecule has 0 unspecified atom stereocenters. The first-order chi connectivity index (χ1) is 13.6. The first-order valence-corrected chi connectivity index (χ1v) is 10.4. The molecule has 3 amide bonds.